The van der Waals surface area contributed by atoms with Gasteiger partial charge in [-0.2, -0.15) is 0 Å². The van der Waals surface area contributed by atoms with E-state index in [1.807, 2.05) is 12.1 Å². The molecule has 0 N–H and O–H groups in total. The van der Waals surface area contributed by atoms with Gasteiger partial charge in [0, 0.05) is 32.8 Å². The largest absolute Gasteiger partial charge is 0.456 e. The lowest BCUT2D eigenvalue weighted by molar-refractivity contribution is 0.669. The molecule has 0 spiro atoms. The zero-order chi connectivity index (χ0) is 37.5. The SMILES string of the molecule is c1ccc(N(c2ccc(-c3cccc4c3ccc3ccccc34)cc2)c2cccc3oc4ccccc4c23)c(-c2ccc3oc4c5ccccc5ccc4c3c2)c1. The Balaban J connectivity index is 1.06. The average Bonchev–Trinajstić information content (AvgIpc) is 3.86. The Morgan fingerprint density at radius 3 is 1.81 bits per heavy atom. The second kappa shape index (κ2) is 12.5. The van der Waals surface area contributed by atoms with Crippen LogP contribution in [-0.2, 0) is 0 Å². The van der Waals surface area contributed by atoms with E-state index in [1.54, 1.807) is 0 Å². The molecule has 0 atom stereocenters. The van der Waals surface area contributed by atoms with Gasteiger partial charge >= 0.3 is 0 Å². The van der Waals surface area contributed by atoms with E-state index in [2.05, 4.69) is 193 Å². The molecule has 0 aliphatic heterocycles. The predicted molar refractivity (Wildman–Crippen MR) is 239 cm³/mol. The lowest BCUT2D eigenvalue weighted by atomic mass is 9.94. The molecule has 0 amide bonds. The summed E-state index contributed by atoms with van der Waals surface area (Å²) in [7, 11) is 0. The number of fused-ring (bicyclic) bond motifs is 11. The van der Waals surface area contributed by atoms with Crippen LogP contribution in [-0.4, -0.2) is 0 Å². The number of rotatable bonds is 5. The van der Waals surface area contributed by atoms with Crippen LogP contribution in [0.4, 0.5) is 17.1 Å². The van der Waals surface area contributed by atoms with Crippen LogP contribution >= 0.6 is 0 Å². The van der Waals surface area contributed by atoms with Crippen molar-refractivity contribution in [2.75, 3.05) is 4.90 Å². The first kappa shape index (κ1) is 31.7. The molecule has 266 valence electrons. The van der Waals surface area contributed by atoms with Gasteiger partial charge in [-0.1, -0.05) is 146 Å². The van der Waals surface area contributed by atoms with Crippen LogP contribution < -0.4 is 4.90 Å². The van der Waals surface area contributed by atoms with Crippen molar-refractivity contribution in [1.29, 1.82) is 0 Å². The summed E-state index contributed by atoms with van der Waals surface area (Å²) in [5, 5.41) is 11.7. The van der Waals surface area contributed by atoms with E-state index in [0.717, 1.165) is 77.5 Å². The van der Waals surface area contributed by atoms with Crippen LogP contribution in [0.5, 0.6) is 0 Å². The molecular formula is C54H33NO2. The molecule has 0 radical (unpaired) electrons. The maximum atomic E-state index is 6.53. The Labute approximate surface area is 328 Å². The summed E-state index contributed by atoms with van der Waals surface area (Å²) in [4.78, 5) is 2.39. The van der Waals surface area contributed by atoms with Crippen molar-refractivity contribution in [2.24, 2.45) is 0 Å². The number of para-hydroxylation sites is 2. The highest BCUT2D eigenvalue weighted by atomic mass is 16.3. The fourth-order valence-corrected chi connectivity index (χ4v) is 9.02. The molecule has 0 aliphatic carbocycles. The maximum Gasteiger partial charge on any atom is 0.143 e. The normalized spacial score (nSPS) is 11.9. The molecule has 0 fully saturated rings. The number of anilines is 3. The fraction of sp³-hybridized carbons (Fsp3) is 0. The van der Waals surface area contributed by atoms with Crippen molar-refractivity contribution >= 4 is 93.3 Å². The molecule has 57 heavy (non-hydrogen) atoms. The minimum Gasteiger partial charge on any atom is -0.456 e. The van der Waals surface area contributed by atoms with E-state index in [-0.39, 0.29) is 0 Å². The molecule has 0 unspecified atom stereocenters. The summed E-state index contributed by atoms with van der Waals surface area (Å²) in [5.41, 5.74) is 11.3. The van der Waals surface area contributed by atoms with E-state index < -0.39 is 0 Å². The van der Waals surface area contributed by atoms with Crippen LogP contribution in [0.15, 0.2) is 209 Å². The molecule has 3 nitrogen and oxygen atoms in total. The van der Waals surface area contributed by atoms with Crippen molar-refractivity contribution in [3.63, 3.8) is 0 Å². The first-order valence-electron chi connectivity index (χ1n) is 19.4. The van der Waals surface area contributed by atoms with Crippen molar-refractivity contribution in [2.45, 2.75) is 0 Å². The second-order valence-corrected chi connectivity index (χ2v) is 14.8. The summed E-state index contributed by atoms with van der Waals surface area (Å²) in [6.45, 7) is 0. The zero-order valence-electron chi connectivity index (χ0n) is 30.8. The number of furan rings is 2. The summed E-state index contributed by atoms with van der Waals surface area (Å²) >= 11 is 0. The second-order valence-electron chi connectivity index (χ2n) is 14.8. The van der Waals surface area contributed by atoms with Gasteiger partial charge in [-0.15, -0.1) is 0 Å². The van der Waals surface area contributed by atoms with Crippen molar-refractivity contribution in [3.8, 4) is 22.3 Å². The van der Waals surface area contributed by atoms with Crippen LogP contribution in [0, 0.1) is 0 Å². The molecule has 2 heterocycles. The summed E-state index contributed by atoms with van der Waals surface area (Å²) < 4.78 is 13.0. The standard InChI is InChI=1S/C54H33NO2/c1-3-13-39-34(11-1)25-30-44-40(17-9-18-43(39)44)36-23-28-38(29-24-36)55(49-20-10-22-52-53(49)46-16-6-8-21-50(46)56-52)48-19-7-5-14-41(48)37-27-32-51-47(33-37)45-31-26-35-12-2-4-15-42(35)54(45)57-51/h1-33H. The third-order valence-electron chi connectivity index (χ3n) is 11.7. The molecule has 3 heteroatoms. The van der Waals surface area contributed by atoms with Crippen molar-refractivity contribution < 1.29 is 8.83 Å². The van der Waals surface area contributed by atoms with Gasteiger partial charge in [-0.25, -0.2) is 0 Å². The highest BCUT2D eigenvalue weighted by molar-refractivity contribution is 6.17. The quantitative estimate of drug-likeness (QED) is 0.165. The minimum absolute atomic E-state index is 0.856. The van der Waals surface area contributed by atoms with E-state index in [0.29, 0.717) is 0 Å². The number of benzene rings is 10. The van der Waals surface area contributed by atoms with E-state index in [9.17, 15) is 0 Å². The zero-order valence-corrected chi connectivity index (χ0v) is 30.8. The van der Waals surface area contributed by atoms with E-state index in [1.165, 1.54) is 38.1 Å². The average molecular weight is 728 g/mol. The van der Waals surface area contributed by atoms with Gasteiger partial charge in [0.25, 0.3) is 0 Å². The Morgan fingerprint density at radius 1 is 0.316 bits per heavy atom. The van der Waals surface area contributed by atoms with Crippen LogP contribution in [0.25, 0.3) is 98.4 Å². The van der Waals surface area contributed by atoms with Gasteiger partial charge in [0.05, 0.1) is 16.8 Å². The van der Waals surface area contributed by atoms with Gasteiger partial charge in [-0.3, -0.25) is 0 Å². The van der Waals surface area contributed by atoms with Gasteiger partial charge < -0.3 is 13.7 Å². The molecule has 2 aromatic heterocycles. The van der Waals surface area contributed by atoms with Crippen LogP contribution in [0.3, 0.4) is 0 Å². The van der Waals surface area contributed by atoms with E-state index >= 15 is 0 Å². The molecule has 0 saturated heterocycles. The summed E-state index contributed by atoms with van der Waals surface area (Å²) in [5.74, 6) is 0. The topological polar surface area (TPSA) is 29.5 Å². The van der Waals surface area contributed by atoms with Crippen LogP contribution in [0.1, 0.15) is 0 Å². The Bertz CT molecular complexity index is 3530. The summed E-state index contributed by atoms with van der Waals surface area (Å²) in [6, 6.07) is 71.6. The molecular weight excluding hydrogens is 695 g/mol. The molecule has 12 aromatic rings. The Hall–Kier alpha value is -7.62. The van der Waals surface area contributed by atoms with Crippen molar-refractivity contribution in [1.82, 2.24) is 0 Å². The molecule has 10 aromatic carbocycles. The number of nitrogens with zero attached hydrogens (tertiary/aromatic N) is 1. The highest BCUT2D eigenvalue weighted by Gasteiger charge is 2.23. The van der Waals surface area contributed by atoms with Crippen LogP contribution in [0.2, 0.25) is 0 Å². The van der Waals surface area contributed by atoms with Gasteiger partial charge in [0.1, 0.15) is 22.3 Å². The Kier molecular flexibility index (Phi) is 6.93. The fourth-order valence-electron chi connectivity index (χ4n) is 9.02. The predicted octanol–water partition coefficient (Wildman–Crippen LogP) is 15.7. The number of hydrogen-bond acceptors (Lipinski definition) is 3. The third-order valence-corrected chi connectivity index (χ3v) is 11.7. The van der Waals surface area contributed by atoms with E-state index in [4.69, 9.17) is 8.83 Å². The number of hydrogen-bond donors (Lipinski definition) is 0. The first-order chi connectivity index (χ1) is 28.3. The van der Waals surface area contributed by atoms with Gasteiger partial charge in [0.15, 0.2) is 0 Å². The Morgan fingerprint density at radius 2 is 0.930 bits per heavy atom. The summed E-state index contributed by atoms with van der Waals surface area (Å²) in [6.07, 6.45) is 0. The first-order valence-corrected chi connectivity index (χ1v) is 19.4. The maximum absolute atomic E-state index is 6.53. The van der Waals surface area contributed by atoms with Crippen molar-refractivity contribution in [3.05, 3.63) is 200 Å². The molecule has 12 rings (SSSR count). The molecule has 0 saturated carbocycles. The van der Waals surface area contributed by atoms with Gasteiger partial charge in [0.2, 0.25) is 0 Å². The minimum atomic E-state index is 0.856. The third kappa shape index (κ3) is 4.92. The molecule has 0 bridgehead atoms. The monoisotopic (exact) mass is 727 g/mol. The lowest BCUT2D eigenvalue weighted by Crippen LogP contribution is -2.11. The van der Waals surface area contributed by atoms with Gasteiger partial charge in [-0.05, 0) is 98.2 Å². The highest BCUT2D eigenvalue weighted by Crippen LogP contribution is 2.47. The lowest BCUT2D eigenvalue weighted by Gasteiger charge is -2.28. The molecule has 0 aliphatic rings. The smallest absolute Gasteiger partial charge is 0.143 e.